The minimum atomic E-state index is -2.79. The van der Waals surface area contributed by atoms with Crippen molar-refractivity contribution >= 4 is 11.9 Å². The molecule has 4 rings (SSSR count). The summed E-state index contributed by atoms with van der Waals surface area (Å²) in [5.41, 5.74) is -1.27. The van der Waals surface area contributed by atoms with Crippen molar-refractivity contribution in [3.8, 4) is 0 Å². The van der Waals surface area contributed by atoms with E-state index in [9.17, 15) is 23.5 Å². The molecule has 4 nitrogen and oxygen atoms in total. The van der Waals surface area contributed by atoms with Crippen LogP contribution >= 0.6 is 0 Å². The zero-order valence-corrected chi connectivity index (χ0v) is 12.2. The van der Waals surface area contributed by atoms with Crippen LogP contribution in [0.4, 0.5) is 8.78 Å². The SMILES string of the molecule is CC1CC(F)(F)CN1C(=O)C12CCC(C(=O)O)(CC1)CC2. The second-order valence-electron chi connectivity index (χ2n) is 7.21. The largest absolute Gasteiger partial charge is 0.481 e. The Hall–Kier alpha value is -1.20. The molecular weight excluding hydrogens is 280 g/mol. The summed E-state index contributed by atoms with van der Waals surface area (Å²) >= 11 is 0. The second-order valence-corrected chi connectivity index (χ2v) is 7.21. The number of carbonyl (C=O) groups is 2. The number of amides is 1. The van der Waals surface area contributed by atoms with Crippen molar-refractivity contribution in [3.05, 3.63) is 0 Å². The second kappa shape index (κ2) is 4.40. The smallest absolute Gasteiger partial charge is 0.309 e. The number of rotatable bonds is 2. The van der Waals surface area contributed by atoms with Crippen molar-refractivity contribution in [2.75, 3.05) is 6.54 Å². The minimum absolute atomic E-state index is 0.175. The number of alkyl halides is 2. The molecule has 0 aromatic rings. The Morgan fingerprint density at radius 1 is 1.05 bits per heavy atom. The Balaban J connectivity index is 1.77. The molecule has 0 spiro atoms. The summed E-state index contributed by atoms with van der Waals surface area (Å²) in [7, 11) is 0. The predicted molar refractivity (Wildman–Crippen MR) is 70.9 cm³/mol. The Morgan fingerprint density at radius 3 is 1.90 bits per heavy atom. The molecule has 3 aliphatic carbocycles. The fourth-order valence-corrected chi connectivity index (χ4v) is 4.42. The van der Waals surface area contributed by atoms with E-state index in [1.807, 2.05) is 0 Å². The van der Waals surface area contributed by atoms with Crippen molar-refractivity contribution in [3.63, 3.8) is 0 Å². The summed E-state index contributed by atoms with van der Waals surface area (Å²) in [6.45, 7) is 1.18. The van der Waals surface area contributed by atoms with Gasteiger partial charge in [0.15, 0.2) is 0 Å². The molecule has 3 saturated carbocycles. The number of hydrogen-bond acceptors (Lipinski definition) is 2. The van der Waals surface area contributed by atoms with Gasteiger partial charge in [-0.1, -0.05) is 0 Å². The van der Waals surface area contributed by atoms with Gasteiger partial charge in [-0.25, -0.2) is 8.78 Å². The number of carboxylic acid groups (broad SMARTS) is 1. The van der Waals surface area contributed by atoms with E-state index in [4.69, 9.17) is 0 Å². The fraction of sp³-hybridized carbons (Fsp3) is 0.867. The van der Waals surface area contributed by atoms with Gasteiger partial charge in [-0.05, 0) is 45.4 Å². The molecule has 1 aliphatic heterocycles. The molecule has 0 aromatic carbocycles. The lowest BCUT2D eigenvalue weighted by atomic mass is 9.53. The van der Waals surface area contributed by atoms with Gasteiger partial charge in [-0.3, -0.25) is 9.59 Å². The third kappa shape index (κ3) is 2.14. The molecule has 0 aromatic heterocycles. The van der Waals surface area contributed by atoms with Gasteiger partial charge >= 0.3 is 5.97 Å². The predicted octanol–water partition coefficient (Wildman–Crippen LogP) is 2.67. The molecule has 6 heteroatoms. The van der Waals surface area contributed by atoms with Crippen molar-refractivity contribution < 1.29 is 23.5 Å². The first-order valence-corrected chi connectivity index (χ1v) is 7.62. The Labute approximate surface area is 122 Å². The van der Waals surface area contributed by atoms with Crippen LogP contribution in [0, 0.1) is 10.8 Å². The van der Waals surface area contributed by atoms with Gasteiger partial charge in [0, 0.05) is 17.9 Å². The van der Waals surface area contributed by atoms with Crippen LogP contribution in [0.1, 0.15) is 51.9 Å². The number of fused-ring (bicyclic) bond motifs is 3. The highest BCUT2D eigenvalue weighted by molar-refractivity contribution is 5.85. The van der Waals surface area contributed by atoms with E-state index in [-0.39, 0.29) is 12.3 Å². The highest BCUT2D eigenvalue weighted by Gasteiger charge is 2.58. The number of likely N-dealkylation sites (tertiary alicyclic amines) is 1. The van der Waals surface area contributed by atoms with E-state index in [2.05, 4.69) is 0 Å². The zero-order valence-electron chi connectivity index (χ0n) is 12.2. The first-order valence-electron chi connectivity index (χ1n) is 7.62. The molecule has 1 saturated heterocycles. The van der Waals surface area contributed by atoms with E-state index in [0.717, 1.165) is 0 Å². The molecule has 1 atom stereocenters. The molecule has 2 bridgehead atoms. The van der Waals surface area contributed by atoms with E-state index < -0.39 is 35.3 Å². The average Bonchev–Trinajstić information content (AvgIpc) is 2.73. The molecule has 0 radical (unpaired) electrons. The fourth-order valence-electron chi connectivity index (χ4n) is 4.42. The Kier molecular flexibility index (Phi) is 3.08. The highest BCUT2D eigenvalue weighted by Crippen LogP contribution is 2.58. The summed E-state index contributed by atoms with van der Waals surface area (Å²) in [5.74, 6) is -3.74. The highest BCUT2D eigenvalue weighted by atomic mass is 19.3. The first-order chi connectivity index (χ1) is 9.70. The van der Waals surface area contributed by atoms with Crippen LogP contribution in [-0.4, -0.2) is 40.4 Å². The monoisotopic (exact) mass is 301 g/mol. The van der Waals surface area contributed by atoms with Crippen LogP contribution in [-0.2, 0) is 9.59 Å². The van der Waals surface area contributed by atoms with Crippen LogP contribution in [0.5, 0.6) is 0 Å². The standard InChI is InChI=1S/C15H21F2NO3/c1-10-8-15(16,17)9-18(10)11(19)13-2-5-14(6-3-13,7-4-13)12(20)21/h10H,2-9H2,1H3,(H,20,21). The number of aliphatic carboxylic acids is 1. The van der Waals surface area contributed by atoms with Crippen molar-refractivity contribution in [1.29, 1.82) is 0 Å². The van der Waals surface area contributed by atoms with Crippen molar-refractivity contribution in [1.82, 2.24) is 4.90 Å². The summed E-state index contributed by atoms with van der Waals surface area (Å²) in [5, 5.41) is 9.36. The van der Waals surface area contributed by atoms with Gasteiger partial charge in [0.25, 0.3) is 5.92 Å². The van der Waals surface area contributed by atoms with Crippen LogP contribution in [0.15, 0.2) is 0 Å². The minimum Gasteiger partial charge on any atom is -0.481 e. The van der Waals surface area contributed by atoms with Crippen molar-refractivity contribution in [2.24, 2.45) is 10.8 Å². The summed E-state index contributed by atoms with van der Waals surface area (Å²) in [6, 6.07) is -0.435. The Bertz CT molecular complexity index is 467. The third-order valence-corrected chi connectivity index (χ3v) is 5.94. The van der Waals surface area contributed by atoms with Gasteiger partial charge in [0.2, 0.25) is 5.91 Å². The van der Waals surface area contributed by atoms with E-state index >= 15 is 0 Å². The topological polar surface area (TPSA) is 57.6 Å². The molecule has 1 unspecified atom stereocenters. The number of carbonyl (C=O) groups excluding carboxylic acids is 1. The third-order valence-electron chi connectivity index (χ3n) is 5.94. The number of carboxylic acids is 1. The maximum atomic E-state index is 13.5. The number of hydrogen-bond donors (Lipinski definition) is 1. The van der Waals surface area contributed by atoms with Crippen LogP contribution in [0.25, 0.3) is 0 Å². The molecular formula is C15H21F2NO3. The molecule has 1 heterocycles. The van der Waals surface area contributed by atoms with Crippen LogP contribution in [0.2, 0.25) is 0 Å². The lowest BCUT2D eigenvalue weighted by Crippen LogP contribution is -2.54. The first kappa shape index (κ1) is 14.7. The Morgan fingerprint density at radius 2 is 1.52 bits per heavy atom. The molecule has 1 N–H and O–H groups in total. The van der Waals surface area contributed by atoms with E-state index in [1.54, 1.807) is 6.92 Å². The maximum Gasteiger partial charge on any atom is 0.309 e. The molecule has 4 fully saturated rings. The zero-order chi connectivity index (χ0) is 15.5. The van der Waals surface area contributed by atoms with Gasteiger partial charge in [-0.15, -0.1) is 0 Å². The summed E-state index contributed by atoms with van der Waals surface area (Å²) in [6.07, 6.45) is 2.77. The lowest BCUT2D eigenvalue weighted by Gasteiger charge is -2.51. The number of halogens is 2. The van der Waals surface area contributed by atoms with Gasteiger partial charge < -0.3 is 10.0 Å². The van der Waals surface area contributed by atoms with Crippen LogP contribution in [0.3, 0.4) is 0 Å². The van der Waals surface area contributed by atoms with Crippen LogP contribution < -0.4 is 0 Å². The van der Waals surface area contributed by atoms with Gasteiger partial charge in [0.05, 0.1) is 12.0 Å². The van der Waals surface area contributed by atoms with E-state index in [1.165, 1.54) is 4.90 Å². The molecule has 4 aliphatic rings. The summed E-state index contributed by atoms with van der Waals surface area (Å²) in [4.78, 5) is 25.5. The molecule has 118 valence electrons. The average molecular weight is 301 g/mol. The van der Waals surface area contributed by atoms with Gasteiger partial charge in [0.1, 0.15) is 0 Å². The van der Waals surface area contributed by atoms with Crippen molar-refractivity contribution in [2.45, 2.75) is 63.8 Å². The number of nitrogens with zero attached hydrogens (tertiary/aromatic N) is 1. The van der Waals surface area contributed by atoms with E-state index in [0.29, 0.717) is 38.5 Å². The summed E-state index contributed by atoms with van der Waals surface area (Å²) < 4.78 is 27.0. The quantitative estimate of drug-likeness (QED) is 0.853. The molecule has 1 amide bonds. The molecule has 21 heavy (non-hydrogen) atoms. The maximum absolute atomic E-state index is 13.5. The lowest BCUT2D eigenvalue weighted by molar-refractivity contribution is -0.168. The normalized spacial score (nSPS) is 41.3. The van der Waals surface area contributed by atoms with Gasteiger partial charge in [-0.2, -0.15) is 0 Å².